The number of hydrogen-bond acceptors (Lipinski definition) is 2. The summed E-state index contributed by atoms with van der Waals surface area (Å²) in [6.07, 6.45) is 0. The van der Waals surface area contributed by atoms with E-state index in [1.807, 2.05) is 21.8 Å². The molecule has 62 valence electrons. The van der Waals surface area contributed by atoms with E-state index < -0.39 is 0 Å². The van der Waals surface area contributed by atoms with Gasteiger partial charge in [0.15, 0.2) is 5.65 Å². The minimum atomic E-state index is 0.828. The summed E-state index contributed by atoms with van der Waals surface area (Å²) in [6, 6.07) is 4.02. The lowest BCUT2D eigenvalue weighted by atomic mass is 10.4. The van der Waals surface area contributed by atoms with Gasteiger partial charge in [0.05, 0.1) is 28.4 Å². The van der Waals surface area contributed by atoms with Crippen LogP contribution in [0, 0.1) is 10.6 Å². The molecule has 0 aliphatic carbocycles. The van der Waals surface area contributed by atoms with Crippen LogP contribution in [-0.4, -0.2) is 12.7 Å². The van der Waals surface area contributed by atoms with Gasteiger partial charge in [-0.05, 0) is 41.6 Å². The standard InChI is InChI=1S/C7H5I2N3/c1-4-10-7-5(12(4)9)2-3-6(8)11-7/h2-3H,1H3. The average Bonchev–Trinajstić information content (AvgIpc) is 2.28. The number of nitrogens with zero attached hydrogens (tertiary/aromatic N) is 3. The fourth-order valence-corrected chi connectivity index (χ4v) is 1.92. The molecule has 0 spiro atoms. The number of hydrogen-bond donors (Lipinski definition) is 0. The zero-order valence-corrected chi connectivity index (χ0v) is 10.6. The van der Waals surface area contributed by atoms with E-state index in [4.69, 9.17) is 0 Å². The van der Waals surface area contributed by atoms with Crippen LogP contribution in [0.5, 0.6) is 0 Å². The molecule has 0 N–H and O–H groups in total. The molecule has 0 bridgehead atoms. The molecular weight excluding hydrogens is 380 g/mol. The highest BCUT2D eigenvalue weighted by molar-refractivity contribution is 14.1. The van der Waals surface area contributed by atoms with Crippen LogP contribution in [0.1, 0.15) is 5.82 Å². The first-order chi connectivity index (χ1) is 5.68. The Labute approximate surface area is 97.2 Å². The van der Waals surface area contributed by atoms with E-state index in [0.717, 1.165) is 20.7 Å². The summed E-state index contributed by atoms with van der Waals surface area (Å²) in [5.74, 6) is 0.986. The van der Waals surface area contributed by atoms with Crippen LogP contribution in [0.4, 0.5) is 0 Å². The largest absolute Gasteiger partial charge is 0.267 e. The molecule has 0 aliphatic rings. The quantitative estimate of drug-likeness (QED) is 0.516. The molecule has 2 rings (SSSR count). The Morgan fingerprint density at radius 2 is 2.08 bits per heavy atom. The Morgan fingerprint density at radius 3 is 2.83 bits per heavy atom. The molecule has 2 heterocycles. The highest BCUT2D eigenvalue weighted by atomic mass is 127. The summed E-state index contributed by atoms with van der Waals surface area (Å²) >= 11 is 4.41. The summed E-state index contributed by atoms with van der Waals surface area (Å²) in [6.45, 7) is 1.97. The summed E-state index contributed by atoms with van der Waals surface area (Å²) in [5, 5.41) is 0. The molecule has 2 aromatic rings. The monoisotopic (exact) mass is 385 g/mol. The minimum absolute atomic E-state index is 0.828. The van der Waals surface area contributed by atoms with Crippen LogP contribution in [0.2, 0.25) is 0 Å². The Bertz CT molecular complexity index is 435. The SMILES string of the molecule is Cc1nc2nc(I)ccc2n1I. The van der Waals surface area contributed by atoms with Gasteiger partial charge in [0.25, 0.3) is 0 Å². The maximum Gasteiger partial charge on any atom is 0.179 e. The van der Waals surface area contributed by atoms with Crippen LogP contribution >= 0.6 is 45.5 Å². The summed E-state index contributed by atoms with van der Waals surface area (Å²) in [7, 11) is 0. The number of pyridine rings is 1. The first-order valence-corrected chi connectivity index (χ1v) is 5.40. The Balaban J connectivity index is 2.87. The van der Waals surface area contributed by atoms with Crippen LogP contribution in [-0.2, 0) is 0 Å². The molecule has 0 fully saturated rings. The van der Waals surface area contributed by atoms with Crippen molar-refractivity contribution in [3.63, 3.8) is 0 Å². The fourth-order valence-electron chi connectivity index (χ4n) is 1.02. The molecule has 5 heteroatoms. The van der Waals surface area contributed by atoms with Gasteiger partial charge in [-0.2, -0.15) is 0 Å². The lowest BCUT2D eigenvalue weighted by molar-refractivity contribution is 1.14. The van der Waals surface area contributed by atoms with Crippen LogP contribution in [0.3, 0.4) is 0 Å². The highest BCUT2D eigenvalue weighted by Gasteiger charge is 2.05. The Kier molecular flexibility index (Phi) is 2.23. The summed E-state index contributed by atoms with van der Waals surface area (Å²) in [4.78, 5) is 8.62. The molecule has 0 unspecified atom stereocenters. The molecule has 0 saturated heterocycles. The topological polar surface area (TPSA) is 30.7 Å². The Hall–Kier alpha value is 0.0800. The third-order valence-electron chi connectivity index (χ3n) is 1.58. The van der Waals surface area contributed by atoms with Gasteiger partial charge in [0, 0.05) is 0 Å². The molecule has 0 amide bonds. The van der Waals surface area contributed by atoms with Gasteiger partial charge in [0.2, 0.25) is 0 Å². The first-order valence-electron chi connectivity index (χ1n) is 3.36. The predicted molar refractivity (Wildman–Crippen MR) is 64.4 cm³/mol. The highest BCUT2D eigenvalue weighted by Crippen LogP contribution is 2.17. The van der Waals surface area contributed by atoms with E-state index in [1.54, 1.807) is 0 Å². The molecule has 12 heavy (non-hydrogen) atoms. The molecule has 0 aromatic carbocycles. The molecule has 2 aromatic heterocycles. The van der Waals surface area contributed by atoms with E-state index in [1.165, 1.54) is 0 Å². The zero-order chi connectivity index (χ0) is 8.72. The maximum atomic E-state index is 4.31. The van der Waals surface area contributed by atoms with Crippen molar-refractivity contribution in [2.75, 3.05) is 0 Å². The van der Waals surface area contributed by atoms with E-state index >= 15 is 0 Å². The van der Waals surface area contributed by atoms with Crippen LogP contribution in [0.15, 0.2) is 12.1 Å². The average molecular weight is 385 g/mol. The predicted octanol–water partition coefficient (Wildman–Crippen LogP) is 2.54. The number of halogens is 2. The lowest BCUT2D eigenvalue weighted by Crippen LogP contribution is -1.82. The van der Waals surface area contributed by atoms with Crippen molar-refractivity contribution in [3.05, 3.63) is 21.7 Å². The van der Waals surface area contributed by atoms with Crippen LogP contribution < -0.4 is 0 Å². The third-order valence-corrected chi connectivity index (χ3v) is 3.40. The third kappa shape index (κ3) is 1.32. The second kappa shape index (κ2) is 3.09. The smallest absolute Gasteiger partial charge is 0.179 e. The van der Waals surface area contributed by atoms with Crippen molar-refractivity contribution in [2.24, 2.45) is 0 Å². The van der Waals surface area contributed by atoms with Gasteiger partial charge in [-0.25, -0.2) is 9.97 Å². The van der Waals surface area contributed by atoms with E-state index in [0.29, 0.717) is 0 Å². The van der Waals surface area contributed by atoms with Crippen molar-refractivity contribution < 1.29 is 0 Å². The number of rotatable bonds is 0. The van der Waals surface area contributed by atoms with Crippen molar-refractivity contribution in [1.82, 2.24) is 12.7 Å². The summed E-state index contributed by atoms with van der Waals surface area (Å²) < 4.78 is 2.99. The van der Waals surface area contributed by atoms with Crippen molar-refractivity contribution in [1.29, 1.82) is 0 Å². The minimum Gasteiger partial charge on any atom is -0.267 e. The first kappa shape index (κ1) is 8.67. The van der Waals surface area contributed by atoms with Gasteiger partial charge < -0.3 is 0 Å². The number of fused-ring (bicyclic) bond motifs is 1. The van der Waals surface area contributed by atoms with Gasteiger partial charge in [0.1, 0.15) is 9.53 Å². The van der Waals surface area contributed by atoms with Crippen LogP contribution in [0.25, 0.3) is 11.2 Å². The van der Waals surface area contributed by atoms with E-state index in [2.05, 4.69) is 55.4 Å². The Morgan fingerprint density at radius 1 is 1.33 bits per heavy atom. The van der Waals surface area contributed by atoms with Gasteiger partial charge in [-0.15, -0.1) is 0 Å². The normalized spacial score (nSPS) is 10.9. The molecule has 0 saturated carbocycles. The number of imidazole rings is 1. The van der Waals surface area contributed by atoms with Crippen molar-refractivity contribution in [2.45, 2.75) is 6.92 Å². The number of aromatic nitrogens is 3. The van der Waals surface area contributed by atoms with Crippen molar-refractivity contribution in [3.8, 4) is 0 Å². The molecule has 0 aliphatic heterocycles. The van der Waals surface area contributed by atoms with Gasteiger partial charge in [-0.3, -0.25) is 2.78 Å². The second-order valence-corrected chi connectivity index (χ2v) is 4.49. The molecule has 0 atom stereocenters. The lowest BCUT2D eigenvalue weighted by Gasteiger charge is -1.92. The van der Waals surface area contributed by atoms with Gasteiger partial charge >= 0.3 is 0 Å². The van der Waals surface area contributed by atoms with E-state index in [-0.39, 0.29) is 0 Å². The molecule has 0 radical (unpaired) electrons. The zero-order valence-electron chi connectivity index (χ0n) is 6.25. The summed E-state index contributed by atoms with van der Waals surface area (Å²) in [5.41, 5.74) is 1.90. The second-order valence-electron chi connectivity index (χ2n) is 2.42. The fraction of sp³-hybridized carbons (Fsp3) is 0.143. The molecule has 3 nitrogen and oxygen atoms in total. The van der Waals surface area contributed by atoms with Gasteiger partial charge in [-0.1, -0.05) is 0 Å². The van der Waals surface area contributed by atoms with E-state index in [9.17, 15) is 0 Å². The van der Waals surface area contributed by atoms with Crippen molar-refractivity contribution >= 4 is 56.6 Å². The molecular formula is C7H5I2N3. The number of aryl methyl sites for hydroxylation is 1. The maximum absolute atomic E-state index is 4.31.